The number of hydrogen-bond acceptors (Lipinski definition) is 6. The molecule has 0 bridgehead atoms. The van der Waals surface area contributed by atoms with Crippen LogP contribution in [0.15, 0.2) is 48.6 Å². The lowest BCUT2D eigenvalue weighted by molar-refractivity contribution is -0.167. The smallest absolute Gasteiger partial charge is 0.306 e. The minimum Gasteiger partial charge on any atom is -0.462 e. The number of carbonyl (C=O) groups is 3. The quantitative estimate of drug-likeness (QED) is 0.0261. The monoisotopic (exact) mass is 1010 g/mol. The molecule has 0 spiro atoms. The minimum atomic E-state index is -0.780. The Morgan fingerprint density at radius 2 is 0.500 bits per heavy atom. The molecule has 0 aliphatic rings. The van der Waals surface area contributed by atoms with Crippen LogP contribution in [0.2, 0.25) is 0 Å². The molecule has 0 radical (unpaired) electrons. The van der Waals surface area contributed by atoms with Gasteiger partial charge in [-0.1, -0.05) is 262 Å². The zero-order valence-corrected chi connectivity index (χ0v) is 48.2. The summed E-state index contributed by atoms with van der Waals surface area (Å²) in [7, 11) is 0. The average Bonchev–Trinajstić information content (AvgIpc) is 3.38. The first-order valence-electron chi connectivity index (χ1n) is 31.6. The van der Waals surface area contributed by atoms with Gasteiger partial charge in [0.1, 0.15) is 13.2 Å². The molecule has 0 aromatic rings. The van der Waals surface area contributed by atoms with Crippen molar-refractivity contribution in [1.82, 2.24) is 0 Å². The number of ether oxygens (including phenoxy) is 3. The summed E-state index contributed by atoms with van der Waals surface area (Å²) in [5.74, 6) is -0.878. The highest BCUT2D eigenvalue weighted by Crippen LogP contribution is 2.16. The summed E-state index contributed by atoms with van der Waals surface area (Å²) in [6.45, 7) is 6.64. The first-order valence-corrected chi connectivity index (χ1v) is 31.6. The fraction of sp³-hybridized carbons (Fsp3) is 0.833. The van der Waals surface area contributed by atoms with Crippen LogP contribution in [0.1, 0.15) is 335 Å². The standard InChI is InChI=1S/C66H120O6/c1-4-7-10-13-16-19-22-25-27-29-30-31-32-33-34-35-36-37-39-41-44-47-50-53-56-59-65(68)71-62-63(61-70-64(67)58-55-52-49-46-43-40-24-21-18-15-12-9-6-3)72-66(69)60-57-54-51-48-45-42-38-28-26-23-20-17-14-11-8-5-2/h21-22,24-25,28-30,38,63H,4-20,23,26-27,31-37,39-62H2,1-3H3/b24-21-,25-22-,30-29-,38-28-. The third-order valence-corrected chi connectivity index (χ3v) is 14.0. The van der Waals surface area contributed by atoms with E-state index in [9.17, 15) is 14.4 Å². The van der Waals surface area contributed by atoms with Crippen LogP contribution in [-0.2, 0) is 28.6 Å². The van der Waals surface area contributed by atoms with E-state index in [4.69, 9.17) is 14.2 Å². The van der Waals surface area contributed by atoms with Crippen molar-refractivity contribution < 1.29 is 28.6 Å². The van der Waals surface area contributed by atoms with Crippen molar-refractivity contribution in [2.45, 2.75) is 341 Å². The van der Waals surface area contributed by atoms with Crippen LogP contribution >= 0.6 is 0 Å². The summed E-state index contributed by atoms with van der Waals surface area (Å²) in [6.07, 6.45) is 75.4. The normalized spacial score (nSPS) is 12.3. The molecule has 1 atom stereocenters. The van der Waals surface area contributed by atoms with Crippen molar-refractivity contribution in [1.29, 1.82) is 0 Å². The molecule has 6 heteroatoms. The largest absolute Gasteiger partial charge is 0.462 e. The average molecular weight is 1010 g/mol. The topological polar surface area (TPSA) is 78.9 Å². The van der Waals surface area contributed by atoms with Crippen molar-refractivity contribution in [2.24, 2.45) is 0 Å². The summed E-state index contributed by atoms with van der Waals surface area (Å²) in [4.78, 5) is 38.2. The van der Waals surface area contributed by atoms with Crippen LogP contribution < -0.4 is 0 Å². The van der Waals surface area contributed by atoms with Gasteiger partial charge in [-0.05, 0) is 103 Å². The molecule has 6 nitrogen and oxygen atoms in total. The fourth-order valence-electron chi connectivity index (χ4n) is 9.23. The molecule has 0 aliphatic carbocycles. The lowest BCUT2D eigenvalue weighted by atomic mass is 10.0. The molecular formula is C66H120O6. The van der Waals surface area contributed by atoms with Gasteiger partial charge in [-0.15, -0.1) is 0 Å². The molecule has 0 N–H and O–H groups in total. The van der Waals surface area contributed by atoms with Gasteiger partial charge in [0, 0.05) is 19.3 Å². The van der Waals surface area contributed by atoms with E-state index in [1.165, 1.54) is 218 Å². The molecule has 0 saturated heterocycles. The van der Waals surface area contributed by atoms with Gasteiger partial charge in [-0.25, -0.2) is 0 Å². The number of allylic oxidation sites excluding steroid dienone is 8. The van der Waals surface area contributed by atoms with Crippen molar-refractivity contribution in [3.8, 4) is 0 Å². The fourth-order valence-corrected chi connectivity index (χ4v) is 9.23. The maximum absolute atomic E-state index is 12.9. The first-order chi connectivity index (χ1) is 35.5. The highest BCUT2D eigenvalue weighted by atomic mass is 16.6. The van der Waals surface area contributed by atoms with Crippen molar-refractivity contribution in [3.05, 3.63) is 48.6 Å². The van der Waals surface area contributed by atoms with Crippen molar-refractivity contribution in [3.63, 3.8) is 0 Å². The second-order valence-corrected chi connectivity index (χ2v) is 21.3. The Labute approximate surface area is 448 Å². The lowest BCUT2D eigenvalue weighted by Gasteiger charge is -2.18. The van der Waals surface area contributed by atoms with Gasteiger partial charge >= 0.3 is 17.9 Å². The number of esters is 3. The maximum Gasteiger partial charge on any atom is 0.306 e. The van der Waals surface area contributed by atoms with Crippen LogP contribution in [0.25, 0.3) is 0 Å². The molecule has 0 heterocycles. The van der Waals surface area contributed by atoms with Crippen LogP contribution in [0.3, 0.4) is 0 Å². The van der Waals surface area contributed by atoms with Gasteiger partial charge in [0.2, 0.25) is 0 Å². The molecule has 0 saturated carbocycles. The van der Waals surface area contributed by atoms with Crippen molar-refractivity contribution >= 4 is 17.9 Å². The van der Waals surface area contributed by atoms with Gasteiger partial charge in [0.15, 0.2) is 6.10 Å². The van der Waals surface area contributed by atoms with Crippen LogP contribution in [-0.4, -0.2) is 37.2 Å². The second-order valence-electron chi connectivity index (χ2n) is 21.3. The number of rotatable bonds is 58. The lowest BCUT2D eigenvalue weighted by Crippen LogP contribution is -2.30. The third-order valence-electron chi connectivity index (χ3n) is 14.0. The van der Waals surface area contributed by atoms with Gasteiger partial charge in [-0.3, -0.25) is 14.4 Å². The molecular weight excluding hydrogens is 889 g/mol. The van der Waals surface area contributed by atoms with E-state index < -0.39 is 6.10 Å². The summed E-state index contributed by atoms with van der Waals surface area (Å²) < 4.78 is 16.9. The Morgan fingerprint density at radius 1 is 0.278 bits per heavy atom. The zero-order chi connectivity index (χ0) is 52.2. The SMILES string of the molecule is CCCCCC/C=C\CCCCCCCC(=O)OCC(COC(=O)CCCCCCCCCCCCCCC/C=C\C/C=C\CCCCCCC)OC(=O)CCCCCCC/C=C\CCCCCCCCC. The molecule has 0 fully saturated rings. The van der Waals surface area contributed by atoms with E-state index in [-0.39, 0.29) is 31.1 Å². The van der Waals surface area contributed by atoms with Crippen LogP contribution in [0.4, 0.5) is 0 Å². The molecule has 72 heavy (non-hydrogen) atoms. The van der Waals surface area contributed by atoms with E-state index in [0.29, 0.717) is 19.3 Å². The van der Waals surface area contributed by atoms with Gasteiger partial charge in [-0.2, -0.15) is 0 Å². The summed E-state index contributed by atoms with van der Waals surface area (Å²) in [5, 5.41) is 0. The molecule has 1 unspecified atom stereocenters. The molecule has 0 rings (SSSR count). The number of hydrogen-bond donors (Lipinski definition) is 0. The summed E-state index contributed by atoms with van der Waals surface area (Å²) in [6, 6.07) is 0. The van der Waals surface area contributed by atoms with E-state index in [2.05, 4.69) is 69.4 Å². The second kappa shape index (κ2) is 60.9. The van der Waals surface area contributed by atoms with Crippen molar-refractivity contribution in [2.75, 3.05) is 13.2 Å². The first kappa shape index (κ1) is 69.4. The Bertz CT molecular complexity index is 1250. The van der Waals surface area contributed by atoms with Gasteiger partial charge < -0.3 is 14.2 Å². The van der Waals surface area contributed by atoms with Gasteiger partial charge in [0.25, 0.3) is 0 Å². The van der Waals surface area contributed by atoms with E-state index in [0.717, 1.165) is 77.0 Å². The highest BCUT2D eigenvalue weighted by Gasteiger charge is 2.19. The zero-order valence-electron chi connectivity index (χ0n) is 48.2. The molecule has 0 aromatic heterocycles. The predicted molar refractivity (Wildman–Crippen MR) is 312 cm³/mol. The molecule has 420 valence electrons. The molecule has 0 amide bonds. The number of carbonyl (C=O) groups excluding carboxylic acids is 3. The summed E-state index contributed by atoms with van der Waals surface area (Å²) in [5.41, 5.74) is 0. The van der Waals surface area contributed by atoms with E-state index in [1.54, 1.807) is 0 Å². The summed E-state index contributed by atoms with van der Waals surface area (Å²) >= 11 is 0. The third kappa shape index (κ3) is 58.3. The van der Waals surface area contributed by atoms with Gasteiger partial charge in [0.05, 0.1) is 0 Å². The predicted octanol–water partition coefficient (Wildman–Crippen LogP) is 21.4. The molecule has 0 aliphatic heterocycles. The van der Waals surface area contributed by atoms with E-state index >= 15 is 0 Å². The Kier molecular flexibility index (Phi) is 58.7. The Balaban J connectivity index is 4.27. The number of unbranched alkanes of at least 4 members (excludes halogenated alkanes) is 39. The highest BCUT2D eigenvalue weighted by molar-refractivity contribution is 5.71. The van der Waals surface area contributed by atoms with E-state index in [1.807, 2.05) is 0 Å². The minimum absolute atomic E-state index is 0.0771. The Morgan fingerprint density at radius 3 is 0.792 bits per heavy atom. The maximum atomic E-state index is 12.9. The van der Waals surface area contributed by atoms with Crippen LogP contribution in [0.5, 0.6) is 0 Å². The Hall–Kier alpha value is -2.63. The van der Waals surface area contributed by atoms with Crippen LogP contribution in [0, 0.1) is 0 Å². The molecule has 0 aromatic carbocycles.